The molecule has 0 bridgehead atoms. The second kappa shape index (κ2) is 7.24. The summed E-state index contributed by atoms with van der Waals surface area (Å²) in [6.07, 6.45) is -1.72. The predicted molar refractivity (Wildman–Crippen MR) is 95.0 cm³/mol. The SMILES string of the molecule is CCn1cc(-c2cc(C(F)(F)F)c3c(=O)[nH]c(=S)n(CCOC)c3n2)cn1. The predicted octanol–water partition coefficient (Wildman–Crippen LogP) is 3.00. The molecule has 27 heavy (non-hydrogen) atoms. The zero-order chi connectivity index (χ0) is 19.8. The highest BCUT2D eigenvalue weighted by Crippen LogP contribution is 2.35. The van der Waals surface area contributed by atoms with E-state index in [-0.39, 0.29) is 29.3 Å². The van der Waals surface area contributed by atoms with Crippen LogP contribution < -0.4 is 5.56 Å². The second-order valence-electron chi connectivity index (χ2n) is 5.74. The highest BCUT2D eigenvalue weighted by atomic mass is 32.1. The van der Waals surface area contributed by atoms with Gasteiger partial charge < -0.3 is 9.30 Å². The van der Waals surface area contributed by atoms with Gasteiger partial charge in [-0.05, 0) is 25.2 Å². The quantitative estimate of drug-likeness (QED) is 0.668. The normalized spacial score (nSPS) is 12.0. The summed E-state index contributed by atoms with van der Waals surface area (Å²) in [6, 6.07) is 0.859. The molecule has 3 aromatic rings. The molecule has 0 spiro atoms. The Morgan fingerprint density at radius 1 is 1.37 bits per heavy atom. The van der Waals surface area contributed by atoms with Crippen LogP contribution in [0.25, 0.3) is 22.3 Å². The maximum atomic E-state index is 13.7. The van der Waals surface area contributed by atoms with Crippen LogP contribution in [0.15, 0.2) is 23.3 Å². The molecular weight excluding hydrogens is 383 g/mol. The lowest BCUT2D eigenvalue weighted by molar-refractivity contribution is -0.136. The van der Waals surface area contributed by atoms with Crippen molar-refractivity contribution in [2.24, 2.45) is 0 Å². The van der Waals surface area contributed by atoms with Crippen molar-refractivity contribution in [2.75, 3.05) is 13.7 Å². The minimum absolute atomic E-state index is 0.0217. The zero-order valence-electron chi connectivity index (χ0n) is 14.5. The first-order valence-corrected chi connectivity index (χ1v) is 8.44. The molecule has 3 heterocycles. The Bertz CT molecular complexity index is 1100. The number of aromatic nitrogens is 5. The minimum Gasteiger partial charge on any atom is -0.383 e. The highest BCUT2D eigenvalue weighted by Gasteiger charge is 2.35. The lowest BCUT2D eigenvalue weighted by Crippen LogP contribution is -2.21. The summed E-state index contributed by atoms with van der Waals surface area (Å²) in [6.45, 7) is 2.75. The molecule has 0 unspecified atom stereocenters. The molecule has 0 fully saturated rings. The summed E-state index contributed by atoms with van der Waals surface area (Å²) in [7, 11) is 1.45. The Balaban J connectivity index is 2.40. The third kappa shape index (κ3) is 3.65. The average Bonchev–Trinajstić information content (AvgIpc) is 3.09. The van der Waals surface area contributed by atoms with Gasteiger partial charge in [0, 0.05) is 25.4 Å². The van der Waals surface area contributed by atoms with Crippen LogP contribution in [-0.4, -0.2) is 38.0 Å². The average molecular weight is 399 g/mol. The first kappa shape index (κ1) is 19.2. The van der Waals surface area contributed by atoms with Gasteiger partial charge in [0.15, 0.2) is 4.77 Å². The standard InChI is InChI=1S/C16H16F3N5O2S/c1-3-23-8-9(7-20-23)11-6-10(16(17,18)19)12-13(21-11)24(4-5-26-2)15(27)22-14(12)25/h6-8H,3-5H2,1-2H3,(H,22,25,27). The van der Waals surface area contributed by atoms with Gasteiger partial charge in [-0.25, -0.2) is 4.98 Å². The number of pyridine rings is 1. The van der Waals surface area contributed by atoms with Crippen molar-refractivity contribution in [2.45, 2.75) is 26.2 Å². The van der Waals surface area contributed by atoms with Crippen LogP contribution in [0.3, 0.4) is 0 Å². The first-order chi connectivity index (χ1) is 12.8. The number of hydrogen-bond donors (Lipinski definition) is 1. The van der Waals surface area contributed by atoms with E-state index in [1.54, 1.807) is 10.9 Å². The molecule has 144 valence electrons. The van der Waals surface area contributed by atoms with Gasteiger partial charge in [0.05, 0.1) is 36.0 Å². The summed E-state index contributed by atoms with van der Waals surface area (Å²) in [5.41, 5.74) is -1.68. The Hall–Kier alpha value is -2.53. The van der Waals surface area contributed by atoms with Crippen molar-refractivity contribution in [3.8, 4) is 11.3 Å². The van der Waals surface area contributed by atoms with Crippen molar-refractivity contribution >= 4 is 23.3 Å². The van der Waals surface area contributed by atoms with E-state index in [4.69, 9.17) is 17.0 Å². The van der Waals surface area contributed by atoms with Crippen LogP contribution in [0, 0.1) is 4.77 Å². The van der Waals surface area contributed by atoms with Crippen LogP contribution in [0.5, 0.6) is 0 Å². The molecule has 0 aliphatic carbocycles. The van der Waals surface area contributed by atoms with Gasteiger partial charge in [-0.1, -0.05) is 0 Å². The first-order valence-electron chi connectivity index (χ1n) is 8.03. The number of methoxy groups -OCH3 is 1. The fourth-order valence-electron chi connectivity index (χ4n) is 2.70. The molecule has 1 N–H and O–H groups in total. The number of H-pyrrole nitrogens is 1. The lowest BCUT2D eigenvalue weighted by atomic mass is 10.1. The summed E-state index contributed by atoms with van der Waals surface area (Å²) in [5.74, 6) is 0. The molecule has 3 rings (SSSR count). The third-order valence-electron chi connectivity index (χ3n) is 4.03. The van der Waals surface area contributed by atoms with E-state index in [1.807, 2.05) is 6.92 Å². The number of rotatable bonds is 5. The summed E-state index contributed by atoms with van der Waals surface area (Å²) >= 11 is 5.11. The summed E-state index contributed by atoms with van der Waals surface area (Å²) < 4.78 is 48.9. The van der Waals surface area contributed by atoms with Crippen molar-refractivity contribution < 1.29 is 17.9 Å². The molecule has 7 nitrogen and oxygen atoms in total. The van der Waals surface area contributed by atoms with Crippen LogP contribution in [0.4, 0.5) is 13.2 Å². The van der Waals surface area contributed by atoms with Gasteiger partial charge in [0.1, 0.15) is 5.65 Å². The molecule has 3 aromatic heterocycles. The number of halogens is 3. The zero-order valence-corrected chi connectivity index (χ0v) is 15.3. The molecule has 0 amide bonds. The minimum atomic E-state index is -4.74. The second-order valence-corrected chi connectivity index (χ2v) is 6.13. The lowest BCUT2D eigenvalue weighted by Gasteiger charge is -2.15. The van der Waals surface area contributed by atoms with Crippen LogP contribution in [0.1, 0.15) is 12.5 Å². The van der Waals surface area contributed by atoms with Crippen LogP contribution in [-0.2, 0) is 24.0 Å². The number of alkyl halides is 3. The van der Waals surface area contributed by atoms with Gasteiger partial charge in [-0.2, -0.15) is 18.3 Å². The van der Waals surface area contributed by atoms with E-state index < -0.39 is 22.7 Å². The van der Waals surface area contributed by atoms with E-state index in [0.717, 1.165) is 6.07 Å². The maximum absolute atomic E-state index is 13.7. The largest absolute Gasteiger partial charge is 0.417 e. The molecule has 0 radical (unpaired) electrons. The Morgan fingerprint density at radius 2 is 2.11 bits per heavy atom. The maximum Gasteiger partial charge on any atom is 0.417 e. The van der Waals surface area contributed by atoms with Crippen molar-refractivity contribution in [3.05, 3.63) is 39.1 Å². The van der Waals surface area contributed by atoms with E-state index in [9.17, 15) is 18.0 Å². The Morgan fingerprint density at radius 3 is 2.70 bits per heavy atom. The highest BCUT2D eigenvalue weighted by molar-refractivity contribution is 7.71. The number of aromatic amines is 1. The van der Waals surface area contributed by atoms with Gasteiger partial charge in [-0.3, -0.25) is 14.5 Å². The van der Waals surface area contributed by atoms with E-state index in [2.05, 4.69) is 15.1 Å². The molecule has 0 aliphatic heterocycles. The van der Waals surface area contributed by atoms with Gasteiger partial charge >= 0.3 is 6.18 Å². The smallest absolute Gasteiger partial charge is 0.383 e. The monoisotopic (exact) mass is 399 g/mol. The van der Waals surface area contributed by atoms with Gasteiger partial charge in [0.2, 0.25) is 0 Å². The fourth-order valence-corrected chi connectivity index (χ4v) is 2.97. The molecule has 11 heteroatoms. The van der Waals surface area contributed by atoms with Crippen LogP contribution in [0.2, 0.25) is 0 Å². The number of ether oxygens (including phenoxy) is 1. The Kier molecular flexibility index (Phi) is 5.16. The number of nitrogens with one attached hydrogen (secondary N) is 1. The summed E-state index contributed by atoms with van der Waals surface area (Å²) in [5, 5.41) is 3.51. The molecular formula is C16H16F3N5O2S. The van der Waals surface area contributed by atoms with Crippen molar-refractivity contribution in [1.82, 2.24) is 24.3 Å². The van der Waals surface area contributed by atoms with Crippen molar-refractivity contribution in [3.63, 3.8) is 0 Å². The van der Waals surface area contributed by atoms with Gasteiger partial charge in [-0.15, -0.1) is 0 Å². The molecule has 0 saturated carbocycles. The van der Waals surface area contributed by atoms with Crippen molar-refractivity contribution in [1.29, 1.82) is 0 Å². The fraction of sp³-hybridized carbons (Fsp3) is 0.375. The number of fused-ring (bicyclic) bond motifs is 1. The number of nitrogens with zero attached hydrogens (tertiary/aromatic N) is 4. The number of aryl methyl sites for hydroxylation is 1. The molecule has 0 aromatic carbocycles. The molecule has 0 aliphatic rings. The van der Waals surface area contributed by atoms with E-state index in [0.29, 0.717) is 12.1 Å². The van der Waals surface area contributed by atoms with E-state index in [1.165, 1.54) is 17.9 Å². The topological polar surface area (TPSA) is 77.7 Å². The third-order valence-corrected chi connectivity index (χ3v) is 4.35. The number of hydrogen-bond acceptors (Lipinski definition) is 5. The van der Waals surface area contributed by atoms with E-state index >= 15 is 0 Å². The molecule has 0 atom stereocenters. The summed E-state index contributed by atoms with van der Waals surface area (Å²) in [4.78, 5) is 18.9. The Labute approximate surface area is 156 Å². The molecule has 0 saturated heterocycles. The van der Waals surface area contributed by atoms with Crippen LogP contribution >= 0.6 is 12.2 Å². The van der Waals surface area contributed by atoms with Gasteiger partial charge in [0.25, 0.3) is 5.56 Å².